The van der Waals surface area contributed by atoms with Crippen molar-refractivity contribution in [2.24, 2.45) is 0 Å². The summed E-state index contributed by atoms with van der Waals surface area (Å²) in [5.74, 6) is 0.564. The van der Waals surface area contributed by atoms with E-state index in [0.29, 0.717) is 16.5 Å². The largest absolute Gasteiger partial charge is 0.513 e. The molecule has 29 heavy (non-hydrogen) atoms. The fourth-order valence-corrected chi connectivity index (χ4v) is 2.65. The molecule has 6 heteroatoms. The van der Waals surface area contributed by atoms with Gasteiger partial charge in [0.25, 0.3) is 0 Å². The molecule has 0 bridgehead atoms. The Morgan fingerprint density at radius 3 is 2.28 bits per heavy atom. The van der Waals surface area contributed by atoms with Crippen LogP contribution in [-0.4, -0.2) is 19.2 Å². The van der Waals surface area contributed by atoms with Crippen molar-refractivity contribution in [2.45, 2.75) is 13.8 Å². The summed E-state index contributed by atoms with van der Waals surface area (Å²) in [6.45, 7) is 7.08. The van der Waals surface area contributed by atoms with E-state index >= 15 is 0 Å². The Hall–Kier alpha value is -3.80. The van der Waals surface area contributed by atoms with Crippen molar-refractivity contribution in [3.8, 4) is 23.0 Å². The topological polar surface area (TPSA) is 71.1 Å². The third-order valence-electron chi connectivity index (χ3n) is 4.05. The van der Waals surface area contributed by atoms with Crippen LogP contribution in [0.4, 0.5) is 4.79 Å². The molecule has 0 aromatic heterocycles. The minimum Gasteiger partial charge on any atom is -0.453 e. The number of carbonyl (C=O) groups is 2. The molecule has 148 valence electrons. The molecule has 6 nitrogen and oxygen atoms in total. The van der Waals surface area contributed by atoms with Gasteiger partial charge in [-0.3, -0.25) is 0 Å². The minimum absolute atomic E-state index is 0.203. The van der Waals surface area contributed by atoms with E-state index in [1.54, 1.807) is 25.1 Å². The standard InChI is InChI=1S/C23H20O6/c1-14(2)22(24)29-21-17-11-10-15(3)12-18(17)19(28-23(25)26-4)13-20(21)27-16-8-6-5-7-9-16/h5-13H,1H2,2-4H3. The van der Waals surface area contributed by atoms with E-state index in [1.165, 1.54) is 13.2 Å². The second-order valence-electron chi connectivity index (χ2n) is 6.39. The molecule has 0 heterocycles. The maximum atomic E-state index is 12.3. The molecular weight excluding hydrogens is 372 g/mol. The highest BCUT2D eigenvalue weighted by Crippen LogP contribution is 2.44. The number of fused-ring (bicyclic) bond motifs is 1. The normalized spacial score (nSPS) is 10.3. The molecule has 0 atom stereocenters. The molecule has 0 amide bonds. The fraction of sp³-hybridized carbons (Fsp3) is 0.130. The van der Waals surface area contributed by atoms with Crippen LogP contribution in [-0.2, 0) is 9.53 Å². The molecule has 0 aliphatic carbocycles. The number of aryl methyl sites for hydroxylation is 1. The molecule has 0 spiro atoms. The predicted octanol–water partition coefficient (Wildman–Crippen LogP) is 5.57. The van der Waals surface area contributed by atoms with Crippen LogP contribution in [0, 0.1) is 6.92 Å². The molecule has 0 aliphatic heterocycles. The van der Waals surface area contributed by atoms with E-state index in [2.05, 4.69) is 11.3 Å². The molecule has 0 unspecified atom stereocenters. The highest BCUT2D eigenvalue weighted by atomic mass is 16.7. The summed E-state index contributed by atoms with van der Waals surface area (Å²) >= 11 is 0. The number of hydrogen-bond donors (Lipinski definition) is 0. The molecule has 0 N–H and O–H groups in total. The monoisotopic (exact) mass is 392 g/mol. The third kappa shape index (κ3) is 4.55. The minimum atomic E-state index is -0.870. The van der Waals surface area contributed by atoms with Crippen LogP contribution in [0.3, 0.4) is 0 Å². The number of hydrogen-bond acceptors (Lipinski definition) is 6. The molecule has 0 aliphatic rings. The van der Waals surface area contributed by atoms with Crippen molar-refractivity contribution in [3.05, 3.63) is 72.3 Å². The van der Waals surface area contributed by atoms with E-state index in [9.17, 15) is 9.59 Å². The van der Waals surface area contributed by atoms with Crippen LogP contribution in [0.15, 0.2) is 66.7 Å². The Morgan fingerprint density at radius 1 is 0.897 bits per heavy atom. The van der Waals surface area contributed by atoms with E-state index in [4.69, 9.17) is 14.2 Å². The zero-order chi connectivity index (χ0) is 21.0. The number of benzene rings is 3. The quantitative estimate of drug-likeness (QED) is 0.245. The molecular formula is C23H20O6. The SMILES string of the molecule is C=C(C)C(=O)Oc1c(Oc2ccccc2)cc(OC(=O)OC)c2cc(C)ccc12. The first-order chi connectivity index (χ1) is 13.9. The van der Waals surface area contributed by atoms with Gasteiger partial charge in [-0.25, -0.2) is 9.59 Å². The molecule has 3 rings (SSSR count). The first kappa shape index (κ1) is 19.9. The van der Waals surface area contributed by atoms with Gasteiger partial charge in [0, 0.05) is 22.4 Å². The number of carbonyl (C=O) groups excluding carboxylic acids is 2. The maximum Gasteiger partial charge on any atom is 0.513 e. The Labute approximate surface area is 168 Å². The number of methoxy groups -OCH3 is 1. The van der Waals surface area contributed by atoms with Crippen molar-refractivity contribution in [2.75, 3.05) is 7.11 Å². The van der Waals surface area contributed by atoms with Crippen LogP contribution < -0.4 is 14.2 Å². The lowest BCUT2D eigenvalue weighted by atomic mass is 10.0. The van der Waals surface area contributed by atoms with Gasteiger partial charge < -0.3 is 18.9 Å². The van der Waals surface area contributed by atoms with Gasteiger partial charge in [0.2, 0.25) is 0 Å². The van der Waals surface area contributed by atoms with Crippen LogP contribution >= 0.6 is 0 Å². The average Bonchev–Trinajstić information content (AvgIpc) is 2.71. The molecule has 0 saturated heterocycles. The lowest BCUT2D eigenvalue weighted by molar-refractivity contribution is -0.130. The summed E-state index contributed by atoms with van der Waals surface area (Å²) in [6.07, 6.45) is -0.870. The Balaban J connectivity index is 2.23. The molecule has 0 saturated carbocycles. The average molecular weight is 392 g/mol. The van der Waals surface area contributed by atoms with Crippen LogP contribution in [0.2, 0.25) is 0 Å². The summed E-state index contributed by atoms with van der Waals surface area (Å²) in [7, 11) is 1.22. The Morgan fingerprint density at radius 2 is 1.62 bits per heavy atom. The number of esters is 1. The molecule has 0 fully saturated rings. The zero-order valence-corrected chi connectivity index (χ0v) is 16.4. The van der Waals surface area contributed by atoms with E-state index in [0.717, 1.165) is 5.56 Å². The summed E-state index contributed by atoms with van der Waals surface area (Å²) < 4.78 is 21.5. The number of para-hydroxylation sites is 1. The lowest BCUT2D eigenvalue weighted by Gasteiger charge is -2.17. The summed E-state index contributed by atoms with van der Waals surface area (Å²) in [5, 5.41) is 1.11. The van der Waals surface area contributed by atoms with Gasteiger partial charge in [-0.05, 0) is 32.0 Å². The predicted molar refractivity (Wildman–Crippen MR) is 109 cm³/mol. The first-order valence-electron chi connectivity index (χ1n) is 8.82. The highest BCUT2D eigenvalue weighted by molar-refractivity contribution is 6.00. The van der Waals surface area contributed by atoms with Crippen LogP contribution in [0.5, 0.6) is 23.0 Å². The fourth-order valence-electron chi connectivity index (χ4n) is 2.65. The van der Waals surface area contributed by atoms with E-state index < -0.39 is 12.1 Å². The highest BCUT2D eigenvalue weighted by Gasteiger charge is 2.21. The smallest absolute Gasteiger partial charge is 0.453 e. The Kier molecular flexibility index (Phi) is 5.83. The second kappa shape index (κ2) is 8.48. The molecule has 0 radical (unpaired) electrons. The van der Waals surface area contributed by atoms with Gasteiger partial charge in [-0.2, -0.15) is 0 Å². The van der Waals surface area contributed by atoms with Crippen molar-refractivity contribution in [1.29, 1.82) is 0 Å². The van der Waals surface area contributed by atoms with Gasteiger partial charge in [0.1, 0.15) is 11.5 Å². The van der Waals surface area contributed by atoms with Crippen LogP contribution in [0.1, 0.15) is 12.5 Å². The second-order valence-corrected chi connectivity index (χ2v) is 6.39. The van der Waals surface area contributed by atoms with E-state index in [1.807, 2.05) is 37.3 Å². The van der Waals surface area contributed by atoms with Gasteiger partial charge in [-0.1, -0.05) is 42.5 Å². The van der Waals surface area contributed by atoms with Crippen molar-refractivity contribution in [3.63, 3.8) is 0 Å². The maximum absolute atomic E-state index is 12.3. The first-order valence-corrected chi connectivity index (χ1v) is 8.82. The third-order valence-corrected chi connectivity index (χ3v) is 4.05. The molecule has 3 aromatic rings. The summed E-state index contributed by atoms with van der Waals surface area (Å²) in [5.41, 5.74) is 1.17. The van der Waals surface area contributed by atoms with Gasteiger partial charge in [-0.15, -0.1) is 0 Å². The van der Waals surface area contributed by atoms with E-state index in [-0.39, 0.29) is 22.8 Å². The van der Waals surface area contributed by atoms with Gasteiger partial charge >= 0.3 is 12.1 Å². The number of ether oxygens (including phenoxy) is 4. The van der Waals surface area contributed by atoms with Crippen molar-refractivity contribution >= 4 is 22.9 Å². The number of rotatable bonds is 5. The van der Waals surface area contributed by atoms with Gasteiger partial charge in [0.05, 0.1) is 7.11 Å². The molecule has 3 aromatic carbocycles. The van der Waals surface area contributed by atoms with Crippen molar-refractivity contribution < 1.29 is 28.5 Å². The van der Waals surface area contributed by atoms with Crippen LogP contribution in [0.25, 0.3) is 10.8 Å². The van der Waals surface area contributed by atoms with Gasteiger partial charge in [0.15, 0.2) is 11.5 Å². The zero-order valence-electron chi connectivity index (χ0n) is 16.4. The summed E-state index contributed by atoms with van der Waals surface area (Å²) in [6, 6.07) is 15.9. The van der Waals surface area contributed by atoms with Crippen molar-refractivity contribution in [1.82, 2.24) is 0 Å². The summed E-state index contributed by atoms with van der Waals surface area (Å²) in [4.78, 5) is 24.0. The Bertz CT molecular complexity index is 1090. The lowest BCUT2D eigenvalue weighted by Crippen LogP contribution is -2.11.